The Morgan fingerprint density at radius 2 is 2.00 bits per heavy atom. The Hall–Kier alpha value is -3.33. The van der Waals surface area contributed by atoms with E-state index < -0.39 is 18.0 Å². The minimum absolute atomic E-state index is 0.112. The first kappa shape index (κ1) is 18.5. The third-order valence-corrected chi connectivity index (χ3v) is 3.77. The average Bonchev–Trinajstić information content (AvgIpc) is 3.31. The van der Waals surface area contributed by atoms with Crippen LogP contribution in [0.2, 0.25) is 5.02 Å². The van der Waals surface area contributed by atoms with Crippen LogP contribution in [0, 0.1) is 0 Å². The lowest BCUT2D eigenvalue weighted by Gasteiger charge is -2.17. The van der Waals surface area contributed by atoms with Gasteiger partial charge >= 0.3 is 12.0 Å². The summed E-state index contributed by atoms with van der Waals surface area (Å²) in [6, 6.07) is 8.58. The number of hydrogen-bond donors (Lipinski definition) is 2. The molecule has 9 nitrogen and oxygen atoms in total. The summed E-state index contributed by atoms with van der Waals surface area (Å²) in [4.78, 5) is 23.4. The summed E-state index contributed by atoms with van der Waals surface area (Å²) in [7, 11) is 0. The van der Waals surface area contributed by atoms with Crippen LogP contribution in [0.4, 0.5) is 4.79 Å². The Balaban J connectivity index is 1.59. The highest BCUT2D eigenvalue weighted by Gasteiger charge is 2.19. The molecule has 3 rings (SSSR count). The number of nitrogens with one attached hydrogen (secondary N) is 1. The molecule has 10 heteroatoms. The molecule has 1 atom stereocenters. The molecule has 27 heavy (non-hydrogen) atoms. The Morgan fingerprint density at radius 3 is 2.67 bits per heavy atom. The third-order valence-electron chi connectivity index (χ3n) is 3.52. The van der Waals surface area contributed by atoms with Gasteiger partial charge in [-0.2, -0.15) is 0 Å². The molecular weight excluding hydrogens is 376 g/mol. The van der Waals surface area contributed by atoms with Gasteiger partial charge < -0.3 is 24.6 Å². The number of nitrogens with zero attached hydrogens (tertiary/aromatic N) is 2. The number of benzene rings is 1. The molecule has 2 heterocycles. The molecule has 0 radical (unpaired) electrons. The van der Waals surface area contributed by atoms with Gasteiger partial charge in [0, 0.05) is 5.02 Å². The minimum atomic E-state index is -0.761. The van der Waals surface area contributed by atoms with Crippen molar-refractivity contribution in [1.29, 1.82) is 0 Å². The van der Waals surface area contributed by atoms with Crippen LogP contribution in [0.25, 0.3) is 11.7 Å². The first-order valence-electron chi connectivity index (χ1n) is 7.84. The Kier molecular flexibility index (Phi) is 5.72. The fourth-order valence-corrected chi connectivity index (χ4v) is 2.42. The molecule has 2 aromatic heterocycles. The van der Waals surface area contributed by atoms with Crippen LogP contribution in [0.5, 0.6) is 0 Å². The number of carbonyl (C=O) groups is 2. The summed E-state index contributed by atoms with van der Waals surface area (Å²) in [6.07, 6.45) is 1.34. The maximum Gasteiger partial charge on any atom is 0.312 e. The van der Waals surface area contributed by atoms with Crippen LogP contribution < -0.4 is 11.1 Å². The Labute approximate surface area is 158 Å². The molecule has 2 amide bonds. The maximum atomic E-state index is 12.1. The van der Waals surface area contributed by atoms with Crippen LogP contribution in [-0.2, 0) is 16.1 Å². The van der Waals surface area contributed by atoms with Crippen molar-refractivity contribution in [2.24, 2.45) is 5.73 Å². The van der Waals surface area contributed by atoms with Crippen LogP contribution >= 0.6 is 11.6 Å². The van der Waals surface area contributed by atoms with Crippen molar-refractivity contribution >= 4 is 23.6 Å². The molecule has 0 unspecified atom stereocenters. The number of halogens is 1. The molecule has 1 aromatic carbocycles. The fourth-order valence-electron chi connectivity index (χ4n) is 2.30. The number of ether oxygens (including phenoxy) is 1. The van der Waals surface area contributed by atoms with E-state index in [0.29, 0.717) is 16.3 Å². The molecule has 3 aromatic rings. The summed E-state index contributed by atoms with van der Waals surface area (Å²) in [5, 5.41) is 10.6. The predicted molar refractivity (Wildman–Crippen MR) is 93.3 cm³/mol. The number of urea groups is 1. The number of esters is 1. The van der Waals surface area contributed by atoms with Gasteiger partial charge in [-0.25, -0.2) is 4.79 Å². The van der Waals surface area contributed by atoms with Gasteiger partial charge in [0.1, 0.15) is 0 Å². The van der Waals surface area contributed by atoms with Crippen LogP contribution in [0.3, 0.4) is 0 Å². The van der Waals surface area contributed by atoms with Gasteiger partial charge in [-0.3, -0.25) is 4.79 Å². The highest BCUT2D eigenvalue weighted by molar-refractivity contribution is 6.30. The van der Waals surface area contributed by atoms with Crippen molar-refractivity contribution in [3.05, 3.63) is 59.1 Å². The second-order valence-electron chi connectivity index (χ2n) is 5.46. The van der Waals surface area contributed by atoms with Crippen molar-refractivity contribution in [2.45, 2.75) is 19.1 Å². The Bertz CT molecular complexity index is 908. The number of rotatable bonds is 7. The highest BCUT2D eigenvalue weighted by atomic mass is 35.5. The van der Waals surface area contributed by atoms with Gasteiger partial charge in [0.25, 0.3) is 11.8 Å². The van der Waals surface area contributed by atoms with E-state index in [0.717, 1.165) is 0 Å². The quantitative estimate of drug-likeness (QED) is 0.592. The van der Waals surface area contributed by atoms with Gasteiger partial charge in [0.15, 0.2) is 12.4 Å². The summed E-state index contributed by atoms with van der Waals surface area (Å²) >= 11 is 5.85. The second-order valence-corrected chi connectivity index (χ2v) is 5.89. The van der Waals surface area contributed by atoms with E-state index in [1.807, 2.05) is 0 Å². The first-order valence-corrected chi connectivity index (χ1v) is 8.22. The zero-order valence-corrected chi connectivity index (χ0v) is 14.7. The van der Waals surface area contributed by atoms with E-state index in [1.165, 1.54) is 6.26 Å². The molecule has 0 bridgehead atoms. The molecule has 0 aliphatic heterocycles. The Morgan fingerprint density at radius 1 is 1.22 bits per heavy atom. The van der Waals surface area contributed by atoms with Gasteiger partial charge in [0.2, 0.25) is 0 Å². The van der Waals surface area contributed by atoms with E-state index in [-0.39, 0.29) is 24.8 Å². The number of furan rings is 1. The van der Waals surface area contributed by atoms with Crippen LogP contribution in [-0.4, -0.2) is 22.2 Å². The van der Waals surface area contributed by atoms with Crippen molar-refractivity contribution in [2.75, 3.05) is 0 Å². The maximum absolute atomic E-state index is 12.1. The lowest BCUT2D eigenvalue weighted by atomic mass is 10.0. The predicted octanol–water partition coefficient (Wildman–Crippen LogP) is 2.83. The average molecular weight is 391 g/mol. The number of hydrogen-bond acceptors (Lipinski definition) is 7. The van der Waals surface area contributed by atoms with Gasteiger partial charge in [-0.05, 0) is 29.8 Å². The molecule has 0 spiro atoms. The van der Waals surface area contributed by atoms with Gasteiger partial charge in [0.05, 0.1) is 18.7 Å². The topological polar surface area (TPSA) is 133 Å². The number of aromatic nitrogens is 2. The molecular formula is C17H15ClN4O5. The SMILES string of the molecule is NC(=O)N[C@@H](CC(=O)OCc1nnc(-c2ccco2)o1)c1ccc(Cl)cc1. The second kappa shape index (κ2) is 8.37. The molecule has 3 N–H and O–H groups in total. The smallest absolute Gasteiger partial charge is 0.312 e. The van der Waals surface area contributed by atoms with Gasteiger partial charge in [-0.15, -0.1) is 10.2 Å². The summed E-state index contributed by atoms with van der Waals surface area (Å²) < 4.78 is 15.6. The molecule has 0 saturated carbocycles. The third kappa shape index (κ3) is 5.08. The minimum Gasteiger partial charge on any atom is -0.459 e. The molecule has 0 aliphatic rings. The van der Waals surface area contributed by atoms with Crippen molar-refractivity contribution in [3.8, 4) is 11.7 Å². The van der Waals surface area contributed by atoms with Crippen molar-refractivity contribution < 1.29 is 23.2 Å². The lowest BCUT2D eigenvalue weighted by Crippen LogP contribution is -2.34. The fraction of sp³-hybridized carbons (Fsp3) is 0.176. The van der Waals surface area contributed by atoms with E-state index in [9.17, 15) is 9.59 Å². The number of carbonyl (C=O) groups excluding carboxylic acids is 2. The van der Waals surface area contributed by atoms with Crippen LogP contribution in [0.15, 0.2) is 51.5 Å². The van der Waals surface area contributed by atoms with Crippen molar-refractivity contribution in [3.63, 3.8) is 0 Å². The summed E-state index contributed by atoms with van der Waals surface area (Å²) in [6.45, 7) is -0.212. The standard InChI is InChI=1S/C17H15ClN4O5/c18-11-5-3-10(4-6-11)12(20-17(19)24)8-15(23)26-9-14-21-22-16(27-14)13-2-1-7-25-13/h1-7,12H,8-9H2,(H3,19,20,24)/t12-/m0/s1. The molecule has 0 aliphatic carbocycles. The van der Waals surface area contributed by atoms with E-state index in [2.05, 4.69) is 15.5 Å². The monoisotopic (exact) mass is 390 g/mol. The number of nitrogens with two attached hydrogens (primary N) is 1. The molecule has 0 fully saturated rings. The zero-order chi connectivity index (χ0) is 19.2. The summed E-state index contributed by atoms with van der Waals surface area (Å²) in [5.74, 6) is 0.121. The molecule has 140 valence electrons. The van der Waals surface area contributed by atoms with E-state index >= 15 is 0 Å². The van der Waals surface area contributed by atoms with Crippen LogP contribution in [0.1, 0.15) is 23.9 Å². The first-order chi connectivity index (χ1) is 13.0. The van der Waals surface area contributed by atoms with Gasteiger partial charge in [-0.1, -0.05) is 23.7 Å². The van der Waals surface area contributed by atoms with E-state index in [1.54, 1.807) is 36.4 Å². The highest BCUT2D eigenvalue weighted by Crippen LogP contribution is 2.21. The normalized spacial score (nSPS) is 11.7. The number of primary amides is 1. The van der Waals surface area contributed by atoms with E-state index in [4.69, 9.17) is 30.9 Å². The largest absolute Gasteiger partial charge is 0.459 e. The lowest BCUT2D eigenvalue weighted by molar-refractivity contribution is -0.146. The van der Waals surface area contributed by atoms with Crippen molar-refractivity contribution in [1.82, 2.24) is 15.5 Å². The summed E-state index contributed by atoms with van der Waals surface area (Å²) in [5.41, 5.74) is 5.84. The number of amides is 2. The zero-order valence-electron chi connectivity index (χ0n) is 13.9. The molecule has 0 saturated heterocycles.